The highest BCUT2D eigenvalue weighted by Crippen LogP contribution is 2.26. The highest BCUT2D eigenvalue weighted by Gasteiger charge is 2.34. The van der Waals surface area contributed by atoms with E-state index in [-0.39, 0.29) is 5.91 Å². The summed E-state index contributed by atoms with van der Waals surface area (Å²) >= 11 is 0. The maximum absolute atomic E-state index is 12.5. The predicted molar refractivity (Wildman–Crippen MR) is 62.9 cm³/mol. The number of rotatable bonds is 2. The van der Waals surface area contributed by atoms with E-state index in [1.807, 2.05) is 0 Å². The van der Waals surface area contributed by atoms with Crippen molar-refractivity contribution in [3.05, 3.63) is 30.4 Å². The van der Waals surface area contributed by atoms with Crippen molar-refractivity contribution in [1.82, 2.24) is 20.3 Å². The van der Waals surface area contributed by atoms with Crippen molar-refractivity contribution < 1.29 is 9.21 Å². The number of nitrogens with one attached hydrogen (secondary N) is 2. The summed E-state index contributed by atoms with van der Waals surface area (Å²) in [5.41, 5.74) is 0.824. The molecule has 0 fully saturated rings. The van der Waals surface area contributed by atoms with Crippen LogP contribution in [0.15, 0.2) is 23.3 Å². The summed E-state index contributed by atoms with van der Waals surface area (Å²) in [5.74, 6) is 1.21. The highest BCUT2D eigenvalue weighted by atomic mass is 16.3. The molecule has 1 amide bonds. The third-order valence-electron chi connectivity index (χ3n) is 3.08. The summed E-state index contributed by atoms with van der Waals surface area (Å²) in [5, 5.41) is 2.97. The van der Waals surface area contributed by atoms with Crippen molar-refractivity contribution in [2.24, 2.45) is 0 Å². The van der Waals surface area contributed by atoms with E-state index in [0.717, 1.165) is 5.69 Å². The van der Waals surface area contributed by atoms with Gasteiger partial charge in [-0.05, 0) is 7.05 Å². The normalized spacial score (nSPS) is 19.7. The zero-order chi connectivity index (χ0) is 12.5. The lowest BCUT2D eigenvalue weighted by Gasteiger charge is -2.21. The third kappa shape index (κ3) is 1.60. The number of carbonyl (C=O) groups excluding carboxylic acids is 1. The average molecular weight is 247 g/mol. The van der Waals surface area contributed by atoms with Gasteiger partial charge in [-0.3, -0.25) is 9.69 Å². The van der Waals surface area contributed by atoms with Gasteiger partial charge >= 0.3 is 0 Å². The Kier molecular flexibility index (Phi) is 2.60. The average Bonchev–Trinajstić information content (AvgIpc) is 3.01. The number of amides is 1. The number of imidazole rings is 1. The molecule has 0 spiro atoms. The molecule has 7 nitrogen and oxygen atoms in total. The van der Waals surface area contributed by atoms with Crippen LogP contribution in [0.1, 0.15) is 17.5 Å². The first-order valence-corrected chi connectivity index (χ1v) is 5.70. The summed E-state index contributed by atoms with van der Waals surface area (Å²) in [4.78, 5) is 25.2. The van der Waals surface area contributed by atoms with E-state index in [9.17, 15) is 4.79 Å². The first kappa shape index (κ1) is 11.0. The zero-order valence-corrected chi connectivity index (χ0v) is 9.88. The van der Waals surface area contributed by atoms with E-state index < -0.39 is 6.04 Å². The molecule has 94 valence electrons. The number of aromatic amines is 1. The number of H-pyrrole nitrogens is 1. The highest BCUT2D eigenvalue weighted by molar-refractivity contribution is 5.97. The molecule has 2 aromatic heterocycles. The quantitative estimate of drug-likeness (QED) is 0.794. The van der Waals surface area contributed by atoms with Gasteiger partial charge in [-0.1, -0.05) is 0 Å². The fourth-order valence-electron chi connectivity index (χ4n) is 2.19. The van der Waals surface area contributed by atoms with E-state index in [4.69, 9.17) is 4.42 Å². The van der Waals surface area contributed by atoms with E-state index in [1.54, 1.807) is 24.5 Å². The molecule has 0 radical (unpaired) electrons. The Hall–Kier alpha value is -2.15. The second-order valence-corrected chi connectivity index (χ2v) is 4.06. The van der Waals surface area contributed by atoms with Gasteiger partial charge in [0.25, 0.3) is 5.91 Å². The Balaban J connectivity index is 1.99. The first-order valence-electron chi connectivity index (χ1n) is 5.70. The molecule has 1 aliphatic heterocycles. The number of aromatic nitrogens is 3. The van der Waals surface area contributed by atoms with Crippen LogP contribution >= 0.6 is 0 Å². The molecule has 0 aliphatic carbocycles. The van der Waals surface area contributed by atoms with Crippen LogP contribution in [0, 0.1) is 0 Å². The second-order valence-electron chi connectivity index (χ2n) is 4.06. The Morgan fingerprint density at radius 3 is 3.22 bits per heavy atom. The van der Waals surface area contributed by atoms with Crippen LogP contribution in [0.5, 0.6) is 0 Å². The summed E-state index contributed by atoms with van der Waals surface area (Å²) in [6, 6.07) is -0.506. The summed E-state index contributed by atoms with van der Waals surface area (Å²) in [6.45, 7) is 0.554. The van der Waals surface area contributed by atoms with E-state index in [0.29, 0.717) is 24.5 Å². The number of likely N-dealkylation sites (N-methyl/N-ethyl adjacent to an activating group) is 1. The minimum atomic E-state index is -0.506. The molecule has 2 N–H and O–H groups in total. The summed E-state index contributed by atoms with van der Waals surface area (Å²) in [7, 11) is 1.73. The molecule has 2 aromatic rings. The minimum absolute atomic E-state index is 0.0720. The van der Waals surface area contributed by atoms with Gasteiger partial charge < -0.3 is 14.7 Å². The lowest BCUT2D eigenvalue weighted by molar-refractivity contribution is -0.120. The zero-order valence-electron chi connectivity index (χ0n) is 9.88. The smallest absolute Gasteiger partial charge is 0.253 e. The first-order chi connectivity index (χ1) is 8.81. The van der Waals surface area contributed by atoms with Gasteiger partial charge in [0.15, 0.2) is 12.2 Å². The van der Waals surface area contributed by atoms with E-state index >= 15 is 0 Å². The van der Waals surface area contributed by atoms with Gasteiger partial charge in [0.1, 0.15) is 11.9 Å². The van der Waals surface area contributed by atoms with Crippen LogP contribution in [-0.2, 0) is 11.2 Å². The largest absolute Gasteiger partial charge is 0.446 e. The van der Waals surface area contributed by atoms with Crippen LogP contribution in [0.2, 0.25) is 0 Å². The Morgan fingerprint density at radius 1 is 1.61 bits per heavy atom. The molecule has 1 atom stereocenters. The lowest BCUT2D eigenvalue weighted by Crippen LogP contribution is -2.39. The molecule has 0 bridgehead atoms. The molecule has 3 heterocycles. The van der Waals surface area contributed by atoms with Crippen LogP contribution < -0.4 is 10.2 Å². The molecular formula is C11H13N5O2. The molecule has 1 aliphatic rings. The van der Waals surface area contributed by atoms with E-state index in [2.05, 4.69) is 20.3 Å². The molecule has 0 aromatic carbocycles. The molecule has 1 unspecified atom stereocenters. The standard InChI is InChI=1S/C11H13N5O2/c1-12-9-10-7(15-6-18-10)2-3-16(11(9)17)8-4-13-5-14-8/h4-6,9,12H,2-3H2,1H3,(H,13,14). The maximum atomic E-state index is 12.5. The van der Waals surface area contributed by atoms with Gasteiger partial charge in [-0.2, -0.15) is 0 Å². The Labute approximate surface area is 103 Å². The molecule has 3 rings (SSSR count). The molecular weight excluding hydrogens is 234 g/mol. The summed E-state index contributed by atoms with van der Waals surface area (Å²) < 4.78 is 5.33. The van der Waals surface area contributed by atoms with Crippen molar-refractivity contribution in [3.8, 4) is 0 Å². The number of fused-ring (bicyclic) bond motifs is 1. The topological polar surface area (TPSA) is 87.0 Å². The number of nitrogens with zero attached hydrogens (tertiary/aromatic N) is 3. The maximum Gasteiger partial charge on any atom is 0.253 e. The van der Waals surface area contributed by atoms with Crippen molar-refractivity contribution in [1.29, 1.82) is 0 Å². The number of anilines is 1. The molecule has 18 heavy (non-hydrogen) atoms. The van der Waals surface area contributed by atoms with Crippen LogP contribution in [0.3, 0.4) is 0 Å². The second kappa shape index (κ2) is 4.26. The minimum Gasteiger partial charge on any atom is -0.446 e. The Morgan fingerprint density at radius 2 is 2.50 bits per heavy atom. The Bertz CT molecular complexity index is 548. The molecule has 0 saturated heterocycles. The van der Waals surface area contributed by atoms with Gasteiger partial charge in [-0.15, -0.1) is 0 Å². The van der Waals surface area contributed by atoms with Crippen molar-refractivity contribution >= 4 is 11.7 Å². The fourth-order valence-corrected chi connectivity index (χ4v) is 2.19. The number of hydrogen-bond acceptors (Lipinski definition) is 5. The number of oxazole rings is 1. The molecule has 7 heteroatoms. The number of hydrogen-bond donors (Lipinski definition) is 2. The molecule has 0 saturated carbocycles. The van der Waals surface area contributed by atoms with Gasteiger partial charge in [0.05, 0.1) is 18.2 Å². The monoisotopic (exact) mass is 247 g/mol. The van der Waals surface area contributed by atoms with Gasteiger partial charge in [-0.25, -0.2) is 9.97 Å². The van der Waals surface area contributed by atoms with Gasteiger partial charge in [0.2, 0.25) is 0 Å². The number of carbonyl (C=O) groups is 1. The van der Waals surface area contributed by atoms with Crippen molar-refractivity contribution in [2.75, 3.05) is 18.5 Å². The van der Waals surface area contributed by atoms with Crippen LogP contribution in [-0.4, -0.2) is 34.5 Å². The lowest BCUT2D eigenvalue weighted by atomic mass is 10.1. The van der Waals surface area contributed by atoms with Gasteiger partial charge in [0, 0.05) is 13.0 Å². The SMILES string of the molecule is CNC1C(=O)N(c2cnc[nH]2)CCc2ncoc21. The fraction of sp³-hybridized carbons (Fsp3) is 0.364. The third-order valence-corrected chi connectivity index (χ3v) is 3.08. The van der Waals surface area contributed by atoms with E-state index in [1.165, 1.54) is 6.39 Å². The van der Waals surface area contributed by atoms with Crippen molar-refractivity contribution in [3.63, 3.8) is 0 Å². The van der Waals surface area contributed by atoms with Crippen LogP contribution in [0.4, 0.5) is 5.82 Å². The van der Waals surface area contributed by atoms with Crippen molar-refractivity contribution in [2.45, 2.75) is 12.5 Å². The summed E-state index contributed by atoms with van der Waals surface area (Å²) in [6.07, 6.45) is 5.23. The predicted octanol–water partition coefficient (Wildman–Crippen LogP) is 0.247. The van der Waals surface area contributed by atoms with Crippen LogP contribution in [0.25, 0.3) is 0 Å².